The van der Waals surface area contributed by atoms with Gasteiger partial charge in [0.1, 0.15) is 11.3 Å². The average Bonchev–Trinajstić information content (AvgIpc) is 2.88. The highest BCUT2D eigenvalue weighted by Gasteiger charge is 2.10. The van der Waals surface area contributed by atoms with Crippen LogP contribution < -0.4 is 15.7 Å². The predicted molar refractivity (Wildman–Crippen MR) is 85.8 cm³/mol. The fraction of sp³-hybridized carbons (Fsp3) is 0.188. The van der Waals surface area contributed by atoms with Gasteiger partial charge in [0, 0.05) is 23.9 Å². The van der Waals surface area contributed by atoms with Crippen LogP contribution in [0.2, 0.25) is 0 Å². The van der Waals surface area contributed by atoms with Crippen LogP contribution in [0.1, 0.15) is 24.2 Å². The molecule has 3 rings (SSSR count). The first-order valence-corrected chi connectivity index (χ1v) is 7.19. The molecule has 0 aliphatic carbocycles. The van der Waals surface area contributed by atoms with Crippen molar-refractivity contribution in [2.75, 3.05) is 0 Å². The Balaban J connectivity index is 1.90. The number of carbonyl (C=O) groups excluding carboxylic acids is 1. The van der Waals surface area contributed by atoms with Gasteiger partial charge in [0.05, 0.1) is 0 Å². The van der Waals surface area contributed by atoms with Crippen molar-refractivity contribution in [3.05, 3.63) is 52.6 Å². The lowest BCUT2D eigenvalue weighted by Gasteiger charge is -2.10. The van der Waals surface area contributed by atoms with Gasteiger partial charge in [-0.1, -0.05) is 6.07 Å². The highest BCUT2D eigenvalue weighted by molar-refractivity contribution is 5.94. The van der Waals surface area contributed by atoms with E-state index < -0.39 is 0 Å². The third kappa shape index (κ3) is 3.23. The molecule has 3 aromatic rings. The summed E-state index contributed by atoms with van der Waals surface area (Å²) in [5, 5.41) is 2.83. The van der Waals surface area contributed by atoms with E-state index in [1.165, 1.54) is 6.20 Å². The summed E-state index contributed by atoms with van der Waals surface area (Å²) >= 11 is 0. The summed E-state index contributed by atoms with van der Waals surface area (Å²) in [6.45, 7) is 3.79. The number of nitrogens with zero attached hydrogens (tertiary/aromatic N) is 1. The maximum Gasteiger partial charge on any atom is 0.325 e. The van der Waals surface area contributed by atoms with Crippen LogP contribution in [-0.4, -0.2) is 26.9 Å². The monoisotopic (exact) mass is 312 g/mol. The summed E-state index contributed by atoms with van der Waals surface area (Å²) < 4.78 is 5.79. The molecule has 0 atom stereocenters. The molecule has 7 nitrogen and oxygen atoms in total. The Kier molecular flexibility index (Phi) is 3.84. The number of fused-ring (bicyclic) bond motifs is 1. The molecule has 3 N–H and O–H groups in total. The molecule has 23 heavy (non-hydrogen) atoms. The molecule has 7 heteroatoms. The number of amides is 1. The third-order valence-electron chi connectivity index (χ3n) is 3.13. The normalized spacial score (nSPS) is 10.9. The van der Waals surface area contributed by atoms with E-state index in [9.17, 15) is 9.59 Å². The van der Waals surface area contributed by atoms with E-state index in [1.807, 2.05) is 13.8 Å². The zero-order chi connectivity index (χ0) is 16.4. The number of carbonyl (C=O) groups is 1. The molecular formula is C16H16N4O3. The van der Waals surface area contributed by atoms with E-state index in [4.69, 9.17) is 4.74 Å². The van der Waals surface area contributed by atoms with Crippen LogP contribution in [0.25, 0.3) is 11.2 Å². The first-order chi connectivity index (χ1) is 11.0. The van der Waals surface area contributed by atoms with Gasteiger partial charge in [-0.3, -0.25) is 9.78 Å². The van der Waals surface area contributed by atoms with Gasteiger partial charge in [0.15, 0.2) is 11.4 Å². The molecular weight excluding hydrogens is 296 g/mol. The Bertz CT molecular complexity index is 911. The van der Waals surface area contributed by atoms with Gasteiger partial charge in [-0.2, -0.15) is 0 Å². The predicted octanol–water partition coefficient (Wildman–Crippen LogP) is 2.18. The molecule has 0 fully saturated rings. The lowest BCUT2D eigenvalue weighted by molar-refractivity contribution is 0.0943. The van der Waals surface area contributed by atoms with Crippen LogP contribution in [0.3, 0.4) is 0 Å². The second kappa shape index (κ2) is 5.96. The van der Waals surface area contributed by atoms with Gasteiger partial charge in [-0.25, -0.2) is 9.78 Å². The Morgan fingerprint density at radius 2 is 2.09 bits per heavy atom. The van der Waals surface area contributed by atoms with Gasteiger partial charge in [-0.15, -0.1) is 0 Å². The number of pyridine rings is 1. The van der Waals surface area contributed by atoms with Crippen LogP contribution in [0, 0.1) is 0 Å². The SMILES string of the molecule is CC(C)NC(=O)c1cccc(Oc2ccnc3[nH]c(=O)[nH]c23)c1. The summed E-state index contributed by atoms with van der Waals surface area (Å²) in [6, 6.07) is 8.54. The second-order valence-corrected chi connectivity index (χ2v) is 5.37. The van der Waals surface area contributed by atoms with E-state index in [1.54, 1.807) is 30.3 Å². The van der Waals surface area contributed by atoms with Crippen molar-refractivity contribution in [1.82, 2.24) is 20.3 Å². The Morgan fingerprint density at radius 1 is 1.26 bits per heavy atom. The molecule has 0 bridgehead atoms. The number of hydrogen-bond acceptors (Lipinski definition) is 4. The van der Waals surface area contributed by atoms with Crippen molar-refractivity contribution >= 4 is 17.1 Å². The summed E-state index contributed by atoms with van der Waals surface area (Å²) in [4.78, 5) is 32.7. The summed E-state index contributed by atoms with van der Waals surface area (Å²) in [5.74, 6) is 0.783. The highest BCUT2D eigenvalue weighted by atomic mass is 16.5. The van der Waals surface area contributed by atoms with E-state index >= 15 is 0 Å². The number of H-pyrrole nitrogens is 2. The topological polar surface area (TPSA) is 99.9 Å². The number of ether oxygens (including phenoxy) is 1. The zero-order valence-corrected chi connectivity index (χ0v) is 12.7. The minimum Gasteiger partial charge on any atom is -0.455 e. The number of rotatable bonds is 4. The first-order valence-electron chi connectivity index (χ1n) is 7.19. The fourth-order valence-corrected chi connectivity index (χ4v) is 2.17. The fourth-order valence-electron chi connectivity index (χ4n) is 2.17. The molecule has 0 saturated heterocycles. The van der Waals surface area contributed by atoms with Crippen molar-refractivity contribution < 1.29 is 9.53 Å². The lowest BCUT2D eigenvalue weighted by Crippen LogP contribution is -2.29. The van der Waals surface area contributed by atoms with Crippen molar-refractivity contribution in [3.63, 3.8) is 0 Å². The minimum absolute atomic E-state index is 0.0526. The molecule has 0 radical (unpaired) electrons. The minimum atomic E-state index is -0.353. The number of aromatic amines is 2. The zero-order valence-electron chi connectivity index (χ0n) is 12.7. The van der Waals surface area contributed by atoms with Gasteiger partial charge < -0.3 is 15.0 Å². The summed E-state index contributed by atoms with van der Waals surface area (Å²) in [6.07, 6.45) is 1.54. The molecule has 0 spiro atoms. The quantitative estimate of drug-likeness (QED) is 0.687. The number of nitrogens with one attached hydrogen (secondary N) is 3. The van der Waals surface area contributed by atoms with Gasteiger partial charge in [-0.05, 0) is 32.0 Å². The molecule has 1 aromatic carbocycles. The molecule has 2 aromatic heterocycles. The number of benzene rings is 1. The Hall–Kier alpha value is -3.09. The average molecular weight is 312 g/mol. The Morgan fingerprint density at radius 3 is 2.87 bits per heavy atom. The molecule has 118 valence electrons. The Labute approximate surface area is 131 Å². The molecule has 0 aliphatic rings. The molecule has 1 amide bonds. The van der Waals surface area contributed by atoms with E-state index in [-0.39, 0.29) is 17.6 Å². The van der Waals surface area contributed by atoms with E-state index in [2.05, 4.69) is 20.3 Å². The number of hydrogen-bond donors (Lipinski definition) is 3. The van der Waals surface area contributed by atoms with Crippen molar-refractivity contribution in [2.45, 2.75) is 19.9 Å². The van der Waals surface area contributed by atoms with Gasteiger partial charge in [0.2, 0.25) is 0 Å². The molecule has 0 saturated carbocycles. The number of imidazole rings is 1. The van der Waals surface area contributed by atoms with Crippen molar-refractivity contribution in [1.29, 1.82) is 0 Å². The van der Waals surface area contributed by atoms with E-state index in [0.29, 0.717) is 28.2 Å². The van der Waals surface area contributed by atoms with Gasteiger partial charge in [0.25, 0.3) is 5.91 Å². The molecule has 0 aliphatic heterocycles. The standard InChI is InChI=1S/C16H16N4O3/c1-9(2)18-15(21)10-4-3-5-11(8-10)23-12-6-7-17-14-13(12)19-16(22)20-14/h3-9H,1-2H3,(H,18,21)(H2,17,19,20,22). The largest absolute Gasteiger partial charge is 0.455 e. The number of aromatic nitrogens is 3. The maximum atomic E-state index is 12.0. The van der Waals surface area contributed by atoms with Crippen molar-refractivity contribution in [3.8, 4) is 11.5 Å². The molecule has 0 unspecified atom stereocenters. The second-order valence-electron chi connectivity index (χ2n) is 5.37. The lowest BCUT2D eigenvalue weighted by atomic mass is 10.2. The smallest absolute Gasteiger partial charge is 0.325 e. The third-order valence-corrected chi connectivity index (χ3v) is 3.13. The first kappa shape index (κ1) is 14.8. The van der Waals surface area contributed by atoms with Crippen LogP contribution >= 0.6 is 0 Å². The van der Waals surface area contributed by atoms with Crippen LogP contribution in [-0.2, 0) is 0 Å². The summed E-state index contributed by atoms with van der Waals surface area (Å²) in [5.41, 5.74) is 1.05. The van der Waals surface area contributed by atoms with Crippen LogP contribution in [0.5, 0.6) is 11.5 Å². The van der Waals surface area contributed by atoms with Gasteiger partial charge >= 0.3 is 5.69 Å². The molecule has 2 heterocycles. The van der Waals surface area contributed by atoms with Crippen LogP contribution in [0.4, 0.5) is 0 Å². The van der Waals surface area contributed by atoms with Crippen LogP contribution in [0.15, 0.2) is 41.3 Å². The summed E-state index contributed by atoms with van der Waals surface area (Å²) in [7, 11) is 0. The van der Waals surface area contributed by atoms with E-state index in [0.717, 1.165) is 0 Å². The highest BCUT2D eigenvalue weighted by Crippen LogP contribution is 2.26. The van der Waals surface area contributed by atoms with Crippen molar-refractivity contribution in [2.24, 2.45) is 0 Å². The maximum absolute atomic E-state index is 12.0.